The van der Waals surface area contributed by atoms with Crippen molar-refractivity contribution in [2.24, 2.45) is 22.7 Å². The predicted molar refractivity (Wildman–Crippen MR) is 67.0 cm³/mol. The lowest BCUT2D eigenvalue weighted by molar-refractivity contribution is -0.155. The number of nitrogens with zero attached hydrogens (tertiary/aromatic N) is 1. The molecular weight excluding hydrogens is 259 g/mol. The van der Waals surface area contributed by atoms with Crippen molar-refractivity contribution in [1.29, 1.82) is 0 Å². The van der Waals surface area contributed by atoms with E-state index in [-0.39, 0.29) is 12.6 Å². The summed E-state index contributed by atoms with van der Waals surface area (Å²) in [5, 5.41) is 13.8. The number of alkyl halides is 3. The Hall–Kier alpha value is -0.980. The fourth-order valence-corrected chi connectivity index (χ4v) is 2.59. The second kappa shape index (κ2) is 6.98. The van der Waals surface area contributed by atoms with Gasteiger partial charge in [0.2, 0.25) is 0 Å². The SMILES string of the molecule is CCC1CCCC(NCC(C(N)=NO)C(F)(F)F)C1. The van der Waals surface area contributed by atoms with E-state index in [0.717, 1.165) is 32.1 Å². The van der Waals surface area contributed by atoms with E-state index in [4.69, 9.17) is 10.9 Å². The summed E-state index contributed by atoms with van der Waals surface area (Å²) in [6, 6.07) is 0.0926. The molecule has 0 aliphatic heterocycles. The van der Waals surface area contributed by atoms with Crippen LogP contribution < -0.4 is 11.1 Å². The Bertz CT molecular complexity index is 307. The second-order valence-electron chi connectivity index (χ2n) is 5.17. The zero-order valence-electron chi connectivity index (χ0n) is 11.1. The van der Waals surface area contributed by atoms with Gasteiger partial charge >= 0.3 is 6.18 Å². The molecule has 4 nitrogen and oxygen atoms in total. The highest BCUT2D eigenvalue weighted by molar-refractivity contribution is 5.83. The van der Waals surface area contributed by atoms with E-state index in [2.05, 4.69) is 17.4 Å². The number of oxime groups is 1. The van der Waals surface area contributed by atoms with Gasteiger partial charge in [-0.05, 0) is 18.8 Å². The van der Waals surface area contributed by atoms with Gasteiger partial charge in [-0.15, -0.1) is 0 Å². The minimum Gasteiger partial charge on any atom is -0.409 e. The summed E-state index contributed by atoms with van der Waals surface area (Å²) in [7, 11) is 0. The zero-order valence-corrected chi connectivity index (χ0v) is 11.1. The second-order valence-corrected chi connectivity index (χ2v) is 5.17. The van der Waals surface area contributed by atoms with E-state index in [9.17, 15) is 13.2 Å². The maximum atomic E-state index is 12.7. The monoisotopic (exact) mass is 281 g/mol. The molecule has 0 amide bonds. The first-order chi connectivity index (χ1) is 8.88. The quantitative estimate of drug-likeness (QED) is 0.314. The Balaban J connectivity index is 2.52. The van der Waals surface area contributed by atoms with Crippen molar-refractivity contribution >= 4 is 5.84 Å². The van der Waals surface area contributed by atoms with Crippen molar-refractivity contribution in [2.45, 2.75) is 51.2 Å². The summed E-state index contributed by atoms with van der Waals surface area (Å²) < 4.78 is 38.2. The average Bonchev–Trinajstić information content (AvgIpc) is 2.37. The van der Waals surface area contributed by atoms with Gasteiger partial charge in [0.05, 0.1) is 0 Å². The number of hydrogen-bond acceptors (Lipinski definition) is 3. The topological polar surface area (TPSA) is 70.6 Å². The van der Waals surface area contributed by atoms with Crippen LogP contribution in [0.25, 0.3) is 0 Å². The highest BCUT2D eigenvalue weighted by Gasteiger charge is 2.43. The molecule has 3 unspecified atom stereocenters. The molecule has 1 aliphatic rings. The van der Waals surface area contributed by atoms with Gasteiger partial charge in [0.1, 0.15) is 5.92 Å². The molecule has 1 fully saturated rings. The Morgan fingerprint density at radius 2 is 2.16 bits per heavy atom. The van der Waals surface area contributed by atoms with E-state index in [1.54, 1.807) is 0 Å². The molecule has 7 heteroatoms. The van der Waals surface area contributed by atoms with Gasteiger partial charge in [0, 0.05) is 12.6 Å². The third-order valence-electron chi connectivity index (χ3n) is 3.84. The highest BCUT2D eigenvalue weighted by Crippen LogP contribution is 2.29. The molecule has 0 aromatic heterocycles. The molecule has 1 aliphatic carbocycles. The maximum Gasteiger partial charge on any atom is 0.400 e. The van der Waals surface area contributed by atoms with Crippen LogP contribution in [0.2, 0.25) is 0 Å². The van der Waals surface area contributed by atoms with Crippen molar-refractivity contribution in [3.63, 3.8) is 0 Å². The highest BCUT2D eigenvalue weighted by atomic mass is 19.4. The van der Waals surface area contributed by atoms with Gasteiger partial charge < -0.3 is 16.3 Å². The Morgan fingerprint density at radius 1 is 1.47 bits per heavy atom. The van der Waals surface area contributed by atoms with Gasteiger partial charge in [-0.1, -0.05) is 31.3 Å². The first-order valence-electron chi connectivity index (χ1n) is 6.66. The zero-order chi connectivity index (χ0) is 14.5. The van der Waals surface area contributed by atoms with E-state index in [1.165, 1.54) is 0 Å². The van der Waals surface area contributed by atoms with Gasteiger partial charge in [-0.2, -0.15) is 13.2 Å². The predicted octanol–water partition coefficient (Wildman–Crippen LogP) is 2.47. The molecule has 19 heavy (non-hydrogen) atoms. The molecule has 0 aromatic carbocycles. The number of halogens is 3. The number of nitrogens with one attached hydrogen (secondary N) is 1. The Kier molecular flexibility index (Phi) is 5.90. The first kappa shape index (κ1) is 16.1. The van der Waals surface area contributed by atoms with E-state index in [0.29, 0.717) is 5.92 Å². The molecule has 0 aromatic rings. The number of amidine groups is 1. The van der Waals surface area contributed by atoms with Crippen molar-refractivity contribution in [2.75, 3.05) is 6.54 Å². The van der Waals surface area contributed by atoms with Crippen LogP contribution in [0.1, 0.15) is 39.0 Å². The van der Waals surface area contributed by atoms with Gasteiger partial charge in [-0.25, -0.2) is 0 Å². The molecule has 1 rings (SSSR count). The summed E-state index contributed by atoms with van der Waals surface area (Å²) in [5.74, 6) is -2.14. The van der Waals surface area contributed by atoms with Gasteiger partial charge in [-0.3, -0.25) is 0 Å². The fourth-order valence-electron chi connectivity index (χ4n) is 2.59. The lowest BCUT2D eigenvalue weighted by Crippen LogP contribution is -2.46. The van der Waals surface area contributed by atoms with Crippen LogP contribution in [0.15, 0.2) is 5.16 Å². The van der Waals surface area contributed by atoms with Crippen molar-refractivity contribution in [1.82, 2.24) is 5.32 Å². The summed E-state index contributed by atoms with van der Waals surface area (Å²) in [6.07, 6.45) is 0.534. The molecular formula is C12H22F3N3O. The first-order valence-corrected chi connectivity index (χ1v) is 6.66. The molecule has 112 valence electrons. The van der Waals surface area contributed by atoms with Crippen LogP contribution in [0, 0.1) is 11.8 Å². The largest absolute Gasteiger partial charge is 0.409 e. The molecule has 0 heterocycles. The van der Waals surface area contributed by atoms with Gasteiger partial charge in [0.15, 0.2) is 5.84 Å². The van der Waals surface area contributed by atoms with E-state index < -0.39 is 17.9 Å². The third-order valence-corrected chi connectivity index (χ3v) is 3.84. The number of rotatable bonds is 5. The smallest absolute Gasteiger partial charge is 0.400 e. The lowest BCUT2D eigenvalue weighted by atomic mass is 9.84. The van der Waals surface area contributed by atoms with Crippen LogP contribution in [0.4, 0.5) is 13.2 Å². The minimum absolute atomic E-state index is 0.0926. The van der Waals surface area contributed by atoms with Crippen LogP contribution in [0.3, 0.4) is 0 Å². The van der Waals surface area contributed by atoms with Crippen LogP contribution >= 0.6 is 0 Å². The molecule has 4 N–H and O–H groups in total. The normalized spacial score (nSPS) is 27.3. The number of nitrogens with two attached hydrogens (primary N) is 1. The third kappa shape index (κ3) is 4.89. The lowest BCUT2D eigenvalue weighted by Gasteiger charge is -2.30. The van der Waals surface area contributed by atoms with E-state index >= 15 is 0 Å². The summed E-state index contributed by atoms with van der Waals surface area (Å²) in [6.45, 7) is 1.77. The van der Waals surface area contributed by atoms with Crippen molar-refractivity contribution < 1.29 is 18.4 Å². The maximum absolute atomic E-state index is 12.7. The fraction of sp³-hybridized carbons (Fsp3) is 0.917. The summed E-state index contributed by atoms with van der Waals surface area (Å²) in [5.41, 5.74) is 5.11. The molecule has 0 spiro atoms. The molecule has 1 saturated carbocycles. The summed E-state index contributed by atoms with van der Waals surface area (Å²) >= 11 is 0. The minimum atomic E-state index is -4.50. The Morgan fingerprint density at radius 3 is 2.68 bits per heavy atom. The van der Waals surface area contributed by atoms with Gasteiger partial charge in [0.25, 0.3) is 0 Å². The molecule has 0 saturated heterocycles. The van der Waals surface area contributed by atoms with Crippen LogP contribution in [-0.4, -0.2) is 29.8 Å². The standard InChI is InChI=1S/C12H22F3N3O/c1-2-8-4-3-5-9(6-8)17-7-10(11(16)18-19)12(13,14)15/h8-10,17,19H,2-7H2,1H3,(H2,16,18). The summed E-state index contributed by atoms with van der Waals surface area (Å²) in [4.78, 5) is 0. The van der Waals surface area contributed by atoms with Crippen molar-refractivity contribution in [3.05, 3.63) is 0 Å². The number of hydrogen-bond donors (Lipinski definition) is 3. The van der Waals surface area contributed by atoms with Crippen molar-refractivity contribution in [3.8, 4) is 0 Å². The molecule has 0 radical (unpaired) electrons. The molecule has 0 bridgehead atoms. The van der Waals surface area contributed by atoms with E-state index in [1.807, 2.05) is 0 Å². The Labute approximate surface area is 111 Å². The van der Waals surface area contributed by atoms with Crippen LogP contribution in [0.5, 0.6) is 0 Å². The molecule has 3 atom stereocenters. The van der Waals surface area contributed by atoms with Crippen LogP contribution in [-0.2, 0) is 0 Å². The average molecular weight is 281 g/mol.